The molecule has 0 unspecified atom stereocenters. The van der Waals surface area contributed by atoms with E-state index in [0.29, 0.717) is 0 Å². The highest BCUT2D eigenvalue weighted by Gasteiger charge is 2.11. The summed E-state index contributed by atoms with van der Waals surface area (Å²) in [6, 6.07) is 13.8. The number of pyridine rings is 1. The van der Waals surface area contributed by atoms with Crippen LogP contribution >= 0.6 is 11.6 Å². The van der Waals surface area contributed by atoms with E-state index in [9.17, 15) is 0 Å². The zero-order chi connectivity index (χ0) is 15.0. The van der Waals surface area contributed by atoms with E-state index in [1.807, 2.05) is 56.3 Å². The van der Waals surface area contributed by atoms with Crippen molar-refractivity contribution in [2.45, 2.75) is 20.8 Å². The predicted octanol–water partition coefficient (Wildman–Crippen LogP) is 5.61. The second-order valence-electron chi connectivity index (χ2n) is 5.20. The third-order valence-electron chi connectivity index (χ3n) is 3.64. The fourth-order valence-electron chi connectivity index (χ4n) is 2.24. The molecule has 0 aliphatic carbocycles. The summed E-state index contributed by atoms with van der Waals surface area (Å²) in [7, 11) is 0. The van der Waals surface area contributed by atoms with Crippen molar-refractivity contribution < 1.29 is 4.74 Å². The lowest BCUT2D eigenvalue weighted by Crippen LogP contribution is -1.94. The molecule has 3 rings (SSSR count). The zero-order valence-electron chi connectivity index (χ0n) is 12.3. The van der Waals surface area contributed by atoms with Crippen molar-refractivity contribution in [2.24, 2.45) is 0 Å². The lowest BCUT2D eigenvalue weighted by Gasteiger charge is -2.12. The number of fused-ring (bicyclic) bond motifs is 1. The standard InChI is InChI=1S/C18H16ClNO/c1-11-7-9-14(10-8-11)21-16-6-4-5-15-17(19)12(2)13(3)20-18(15)16/h4-10H,1-3H3. The van der Waals surface area contributed by atoms with Crippen LogP contribution in [0.3, 0.4) is 0 Å². The van der Waals surface area contributed by atoms with Crippen LogP contribution in [0.4, 0.5) is 0 Å². The van der Waals surface area contributed by atoms with E-state index in [0.717, 1.165) is 38.7 Å². The van der Waals surface area contributed by atoms with Gasteiger partial charge in [-0.2, -0.15) is 0 Å². The molecule has 0 N–H and O–H groups in total. The Balaban J connectivity index is 2.12. The smallest absolute Gasteiger partial charge is 0.153 e. The van der Waals surface area contributed by atoms with Crippen molar-refractivity contribution in [1.82, 2.24) is 4.98 Å². The van der Waals surface area contributed by atoms with E-state index in [1.165, 1.54) is 5.56 Å². The number of rotatable bonds is 2. The van der Waals surface area contributed by atoms with Gasteiger partial charge in [0.05, 0.1) is 5.02 Å². The molecule has 0 spiro atoms. The molecule has 21 heavy (non-hydrogen) atoms. The molecular formula is C18H16ClNO. The van der Waals surface area contributed by atoms with Gasteiger partial charge in [-0.15, -0.1) is 0 Å². The normalized spacial score (nSPS) is 10.9. The van der Waals surface area contributed by atoms with Crippen LogP contribution in [0.5, 0.6) is 11.5 Å². The van der Waals surface area contributed by atoms with Crippen LogP contribution in [-0.4, -0.2) is 4.98 Å². The highest BCUT2D eigenvalue weighted by Crippen LogP contribution is 2.34. The van der Waals surface area contributed by atoms with Gasteiger partial charge >= 0.3 is 0 Å². The van der Waals surface area contributed by atoms with E-state index in [4.69, 9.17) is 16.3 Å². The summed E-state index contributed by atoms with van der Waals surface area (Å²) in [6.45, 7) is 6.00. The first-order chi connectivity index (χ1) is 10.1. The van der Waals surface area contributed by atoms with E-state index in [-0.39, 0.29) is 0 Å². The van der Waals surface area contributed by atoms with Crippen LogP contribution in [0, 0.1) is 20.8 Å². The Bertz CT molecular complexity index is 810. The first kappa shape index (κ1) is 13.9. The van der Waals surface area contributed by atoms with Crippen molar-refractivity contribution in [3.8, 4) is 11.5 Å². The van der Waals surface area contributed by atoms with Gasteiger partial charge < -0.3 is 4.74 Å². The maximum Gasteiger partial charge on any atom is 0.153 e. The number of benzene rings is 2. The van der Waals surface area contributed by atoms with Gasteiger partial charge in [-0.1, -0.05) is 41.4 Å². The minimum atomic E-state index is 0.723. The number of nitrogens with zero attached hydrogens (tertiary/aromatic N) is 1. The highest BCUT2D eigenvalue weighted by molar-refractivity contribution is 6.36. The van der Waals surface area contributed by atoms with Crippen LogP contribution < -0.4 is 4.74 Å². The fourth-order valence-corrected chi connectivity index (χ4v) is 2.53. The van der Waals surface area contributed by atoms with Crippen molar-refractivity contribution in [1.29, 1.82) is 0 Å². The molecule has 0 bridgehead atoms. The van der Waals surface area contributed by atoms with Gasteiger partial charge in [0.25, 0.3) is 0 Å². The molecule has 0 aliphatic rings. The second kappa shape index (κ2) is 5.38. The van der Waals surface area contributed by atoms with Crippen molar-refractivity contribution in [3.05, 3.63) is 64.3 Å². The average Bonchev–Trinajstić information content (AvgIpc) is 2.48. The summed E-state index contributed by atoms with van der Waals surface area (Å²) >= 11 is 6.43. The number of hydrogen-bond donors (Lipinski definition) is 0. The number of para-hydroxylation sites is 1. The Morgan fingerprint density at radius 2 is 1.67 bits per heavy atom. The molecule has 2 nitrogen and oxygen atoms in total. The number of aryl methyl sites for hydroxylation is 2. The van der Waals surface area contributed by atoms with Crippen LogP contribution in [0.2, 0.25) is 5.02 Å². The Morgan fingerprint density at radius 1 is 0.952 bits per heavy atom. The summed E-state index contributed by atoms with van der Waals surface area (Å²) in [5, 5.41) is 1.66. The van der Waals surface area contributed by atoms with Crippen molar-refractivity contribution >= 4 is 22.5 Å². The highest BCUT2D eigenvalue weighted by atomic mass is 35.5. The lowest BCUT2D eigenvalue weighted by molar-refractivity contribution is 0.487. The van der Waals surface area contributed by atoms with Gasteiger partial charge in [-0.3, -0.25) is 0 Å². The first-order valence-corrected chi connectivity index (χ1v) is 7.24. The quantitative estimate of drug-likeness (QED) is 0.613. The minimum Gasteiger partial charge on any atom is -0.455 e. The molecule has 0 fully saturated rings. The number of halogens is 1. The summed E-state index contributed by atoms with van der Waals surface area (Å²) in [5.74, 6) is 1.52. The average molecular weight is 298 g/mol. The zero-order valence-corrected chi connectivity index (χ0v) is 13.0. The molecule has 0 saturated heterocycles. The van der Waals surface area contributed by atoms with Crippen molar-refractivity contribution in [2.75, 3.05) is 0 Å². The van der Waals surface area contributed by atoms with E-state index in [2.05, 4.69) is 11.9 Å². The van der Waals surface area contributed by atoms with Gasteiger partial charge in [0.2, 0.25) is 0 Å². The van der Waals surface area contributed by atoms with Crippen LogP contribution in [0.1, 0.15) is 16.8 Å². The monoisotopic (exact) mass is 297 g/mol. The topological polar surface area (TPSA) is 22.1 Å². The Labute approximate surface area is 129 Å². The van der Waals surface area contributed by atoms with Gasteiger partial charge in [0.15, 0.2) is 5.75 Å². The van der Waals surface area contributed by atoms with E-state index >= 15 is 0 Å². The molecule has 0 atom stereocenters. The molecule has 0 saturated carbocycles. The Hall–Kier alpha value is -2.06. The maximum atomic E-state index is 6.43. The van der Waals surface area contributed by atoms with Gasteiger partial charge in [0, 0.05) is 11.1 Å². The summed E-state index contributed by atoms with van der Waals surface area (Å²) in [5.41, 5.74) is 3.93. The fraction of sp³-hybridized carbons (Fsp3) is 0.167. The lowest BCUT2D eigenvalue weighted by atomic mass is 10.1. The molecule has 1 aromatic heterocycles. The minimum absolute atomic E-state index is 0.723. The van der Waals surface area contributed by atoms with E-state index < -0.39 is 0 Å². The van der Waals surface area contributed by atoms with Gasteiger partial charge in [-0.25, -0.2) is 4.98 Å². The predicted molar refractivity (Wildman–Crippen MR) is 87.5 cm³/mol. The number of aromatic nitrogens is 1. The maximum absolute atomic E-state index is 6.43. The summed E-state index contributed by atoms with van der Waals surface area (Å²) < 4.78 is 5.98. The number of hydrogen-bond acceptors (Lipinski definition) is 2. The molecule has 0 amide bonds. The molecular weight excluding hydrogens is 282 g/mol. The van der Waals surface area contributed by atoms with E-state index in [1.54, 1.807) is 0 Å². The molecule has 1 heterocycles. The molecule has 106 valence electrons. The third-order valence-corrected chi connectivity index (χ3v) is 4.12. The van der Waals surface area contributed by atoms with Crippen LogP contribution in [0.25, 0.3) is 10.9 Å². The Morgan fingerprint density at radius 3 is 2.38 bits per heavy atom. The van der Waals surface area contributed by atoms with Gasteiger partial charge in [0.1, 0.15) is 11.3 Å². The largest absolute Gasteiger partial charge is 0.455 e. The molecule has 0 aliphatic heterocycles. The summed E-state index contributed by atoms with van der Waals surface area (Å²) in [4.78, 5) is 4.64. The van der Waals surface area contributed by atoms with Gasteiger partial charge in [-0.05, 0) is 44.5 Å². The molecule has 2 aromatic carbocycles. The summed E-state index contributed by atoms with van der Waals surface area (Å²) in [6.07, 6.45) is 0. The first-order valence-electron chi connectivity index (χ1n) is 6.86. The third kappa shape index (κ3) is 2.59. The Kier molecular flexibility index (Phi) is 3.56. The number of ether oxygens (including phenoxy) is 1. The van der Waals surface area contributed by atoms with Crippen LogP contribution in [-0.2, 0) is 0 Å². The molecule has 3 heteroatoms. The second-order valence-corrected chi connectivity index (χ2v) is 5.58. The molecule has 0 radical (unpaired) electrons. The van der Waals surface area contributed by atoms with Crippen molar-refractivity contribution in [3.63, 3.8) is 0 Å². The SMILES string of the molecule is Cc1ccc(Oc2cccc3c(Cl)c(C)c(C)nc23)cc1. The molecule has 3 aromatic rings. The van der Waals surface area contributed by atoms with Crippen LogP contribution in [0.15, 0.2) is 42.5 Å².